The molecule has 0 rings (SSSR count). The lowest BCUT2D eigenvalue weighted by atomic mass is 10.3. The summed E-state index contributed by atoms with van der Waals surface area (Å²) in [6.45, 7) is -2.41. The normalized spacial score (nSPS) is 13.1. The number of aliphatic carboxylic acids is 1. The highest BCUT2D eigenvalue weighted by molar-refractivity contribution is 5.82. The van der Waals surface area contributed by atoms with E-state index in [0.29, 0.717) is 0 Å². The summed E-state index contributed by atoms with van der Waals surface area (Å²) >= 11 is 0. The highest BCUT2D eigenvalue weighted by Gasteiger charge is 2.32. The van der Waals surface area contributed by atoms with Crippen LogP contribution in [0.1, 0.15) is 0 Å². The molecule has 0 aliphatic heterocycles. The summed E-state index contributed by atoms with van der Waals surface area (Å²) in [5.74, 6) is -1.53. The van der Waals surface area contributed by atoms with Crippen molar-refractivity contribution < 1.29 is 33.0 Å². The first-order valence-corrected chi connectivity index (χ1v) is 4.09. The number of urea groups is 1. The van der Waals surface area contributed by atoms with Crippen LogP contribution in [0.3, 0.4) is 0 Å². The minimum absolute atomic E-state index is 0.269. The number of carboxylic acid groups (broad SMARTS) is 1. The Morgan fingerprint density at radius 2 is 1.94 bits per heavy atom. The lowest BCUT2D eigenvalue weighted by Gasteiger charge is -2.21. The summed E-state index contributed by atoms with van der Waals surface area (Å²) in [5, 5.41) is 18.7. The first-order valence-electron chi connectivity index (χ1n) is 4.09. The first kappa shape index (κ1) is 14.5. The molecule has 2 amide bonds. The fourth-order valence-electron chi connectivity index (χ4n) is 0.785. The lowest BCUT2D eigenvalue weighted by Crippen LogP contribution is -2.50. The van der Waals surface area contributed by atoms with Crippen LogP contribution in [-0.4, -0.2) is 59.5 Å². The van der Waals surface area contributed by atoms with E-state index >= 15 is 0 Å². The van der Waals surface area contributed by atoms with Gasteiger partial charge in [-0.3, -0.25) is 0 Å². The van der Waals surface area contributed by atoms with Crippen LogP contribution in [0, 0.1) is 0 Å². The number of nitrogens with zero attached hydrogens (tertiary/aromatic N) is 1. The van der Waals surface area contributed by atoms with Crippen molar-refractivity contribution in [2.45, 2.75) is 12.2 Å². The van der Waals surface area contributed by atoms with Gasteiger partial charge in [0.25, 0.3) is 0 Å². The number of carbonyl (C=O) groups is 2. The summed E-state index contributed by atoms with van der Waals surface area (Å²) in [5.41, 5.74) is 0. The summed E-state index contributed by atoms with van der Waals surface area (Å²) < 4.78 is 35.6. The molecule has 0 spiro atoms. The van der Waals surface area contributed by atoms with Crippen LogP contribution < -0.4 is 5.32 Å². The average molecular weight is 244 g/mol. The van der Waals surface area contributed by atoms with Crippen molar-refractivity contribution in [3.63, 3.8) is 0 Å². The number of aliphatic hydroxyl groups is 1. The van der Waals surface area contributed by atoms with Crippen molar-refractivity contribution in [2.24, 2.45) is 0 Å². The molecule has 0 aromatic carbocycles. The molecule has 0 bridgehead atoms. The molecule has 0 aliphatic rings. The van der Waals surface area contributed by atoms with Crippen LogP contribution in [0.5, 0.6) is 0 Å². The molecule has 0 aromatic rings. The number of halogens is 3. The van der Waals surface area contributed by atoms with Crippen molar-refractivity contribution in [1.82, 2.24) is 10.2 Å². The summed E-state index contributed by atoms with van der Waals surface area (Å²) in [7, 11) is 0.860. The van der Waals surface area contributed by atoms with Gasteiger partial charge in [-0.25, -0.2) is 9.59 Å². The summed E-state index contributed by atoms with van der Waals surface area (Å²) in [4.78, 5) is 21.7. The van der Waals surface area contributed by atoms with Crippen molar-refractivity contribution in [1.29, 1.82) is 0 Å². The number of hydrogen-bond acceptors (Lipinski definition) is 3. The molecule has 0 aliphatic carbocycles. The zero-order valence-corrected chi connectivity index (χ0v) is 8.28. The van der Waals surface area contributed by atoms with E-state index in [1.165, 1.54) is 0 Å². The third kappa shape index (κ3) is 5.39. The molecule has 0 fully saturated rings. The highest BCUT2D eigenvalue weighted by atomic mass is 19.4. The van der Waals surface area contributed by atoms with E-state index in [1.807, 2.05) is 0 Å². The number of nitrogens with one attached hydrogen (secondary N) is 1. The van der Waals surface area contributed by atoms with Gasteiger partial charge in [0.15, 0.2) is 6.04 Å². The Bertz CT molecular complexity index is 269. The van der Waals surface area contributed by atoms with Crippen LogP contribution in [0.2, 0.25) is 0 Å². The molecule has 0 saturated carbocycles. The Morgan fingerprint density at radius 1 is 1.44 bits per heavy atom. The van der Waals surface area contributed by atoms with Gasteiger partial charge in [-0.1, -0.05) is 0 Å². The van der Waals surface area contributed by atoms with Gasteiger partial charge in [-0.05, 0) is 0 Å². The minimum atomic E-state index is -4.57. The molecule has 94 valence electrons. The fourth-order valence-corrected chi connectivity index (χ4v) is 0.785. The fraction of sp³-hybridized carbons (Fsp3) is 0.714. The van der Waals surface area contributed by atoms with E-state index in [9.17, 15) is 22.8 Å². The molecular weight excluding hydrogens is 233 g/mol. The van der Waals surface area contributed by atoms with E-state index in [0.717, 1.165) is 7.05 Å². The lowest BCUT2D eigenvalue weighted by molar-refractivity contribution is -0.140. The predicted octanol–water partition coefficient (Wildman–Crippen LogP) is -0.364. The van der Waals surface area contributed by atoms with Gasteiger partial charge >= 0.3 is 18.2 Å². The molecule has 6 nitrogen and oxygen atoms in total. The Kier molecular flexibility index (Phi) is 5.02. The van der Waals surface area contributed by atoms with Crippen LogP contribution in [-0.2, 0) is 4.79 Å². The average Bonchev–Trinajstić information content (AvgIpc) is 2.10. The van der Waals surface area contributed by atoms with E-state index in [4.69, 9.17) is 10.2 Å². The smallest absolute Gasteiger partial charge is 0.406 e. The number of hydrogen-bond donors (Lipinski definition) is 3. The Labute approximate surface area is 88.6 Å². The van der Waals surface area contributed by atoms with E-state index in [2.05, 4.69) is 0 Å². The van der Waals surface area contributed by atoms with E-state index < -0.39 is 37.4 Å². The third-order valence-electron chi connectivity index (χ3n) is 1.54. The molecule has 9 heteroatoms. The maximum absolute atomic E-state index is 11.9. The number of alkyl halides is 3. The Balaban J connectivity index is 4.29. The zero-order valence-electron chi connectivity index (χ0n) is 8.28. The third-order valence-corrected chi connectivity index (χ3v) is 1.54. The van der Waals surface area contributed by atoms with E-state index in [1.54, 1.807) is 5.32 Å². The number of carboxylic acids is 1. The number of rotatable bonds is 4. The van der Waals surface area contributed by atoms with Gasteiger partial charge in [0.1, 0.15) is 6.54 Å². The molecule has 3 N–H and O–H groups in total. The van der Waals surface area contributed by atoms with Crippen molar-refractivity contribution >= 4 is 12.0 Å². The Hall–Kier alpha value is -1.51. The number of aliphatic hydroxyl groups excluding tert-OH is 1. The molecule has 0 unspecified atom stereocenters. The predicted molar refractivity (Wildman–Crippen MR) is 45.7 cm³/mol. The van der Waals surface area contributed by atoms with Gasteiger partial charge < -0.3 is 20.4 Å². The molecule has 16 heavy (non-hydrogen) atoms. The molecule has 1 atom stereocenters. The largest absolute Gasteiger partial charge is 0.480 e. The second-order valence-corrected chi connectivity index (χ2v) is 2.99. The maximum atomic E-state index is 11.9. The topological polar surface area (TPSA) is 89.9 Å². The highest BCUT2D eigenvalue weighted by Crippen LogP contribution is 2.15. The number of carbonyl (C=O) groups excluding carboxylic acids is 1. The standard InChI is InChI=1S/C7H11F3N2O4/c1-12(3-7(8,9)10)6(16)11-4(2-13)5(14)15/h4,13H,2-3H2,1H3,(H,11,16)(H,14,15)/t4-/m1/s1. The molecule has 0 saturated heterocycles. The Morgan fingerprint density at radius 3 is 2.25 bits per heavy atom. The quantitative estimate of drug-likeness (QED) is 0.629. The molecule has 0 aromatic heterocycles. The molecular formula is C7H11F3N2O4. The SMILES string of the molecule is CN(CC(F)(F)F)C(=O)N[C@H](CO)C(=O)O. The van der Waals surface area contributed by atoms with Gasteiger partial charge in [-0.2, -0.15) is 13.2 Å². The number of amides is 2. The van der Waals surface area contributed by atoms with Gasteiger partial charge in [-0.15, -0.1) is 0 Å². The zero-order chi connectivity index (χ0) is 12.9. The van der Waals surface area contributed by atoms with Crippen molar-refractivity contribution in [3.8, 4) is 0 Å². The second-order valence-electron chi connectivity index (χ2n) is 2.99. The van der Waals surface area contributed by atoms with Crippen LogP contribution in [0.15, 0.2) is 0 Å². The van der Waals surface area contributed by atoms with Gasteiger partial charge in [0.2, 0.25) is 0 Å². The summed E-state index contributed by atoms with van der Waals surface area (Å²) in [6, 6.07) is -2.85. The second kappa shape index (κ2) is 5.54. The summed E-state index contributed by atoms with van der Waals surface area (Å²) in [6.07, 6.45) is -4.57. The van der Waals surface area contributed by atoms with Crippen LogP contribution in [0.4, 0.5) is 18.0 Å². The monoisotopic (exact) mass is 244 g/mol. The van der Waals surface area contributed by atoms with Crippen LogP contribution in [0.25, 0.3) is 0 Å². The van der Waals surface area contributed by atoms with E-state index in [-0.39, 0.29) is 4.90 Å². The first-order chi connectivity index (χ1) is 7.17. The maximum Gasteiger partial charge on any atom is 0.406 e. The van der Waals surface area contributed by atoms with Crippen molar-refractivity contribution in [2.75, 3.05) is 20.2 Å². The van der Waals surface area contributed by atoms with Crippen molar-refractivity contribution in [3.05, 3.63) is 0 Å². The van der Waals surface area contributed by atoms with Gasteiger partial charge in [0, 0.05) is 7.05 Å². The molecule has 0 radical (unpaired) electrons. The van der Waals surface area contributed by atoms with Gasteiger partial charge in [0.05, 0.1) is 6.61 Å². The minimum Gasteiger partial charge on any atom is -0.480 e. The van der Waals surface area contributed by atoms with Crippen LogP contribution >= 0.6 is 0 Å². The molecule has 0 heterocycles.